The van der Waals surface area contributed by atoms with Gasteiger partial charge in [0.2, 0.25) is 0 Å². The Kier molecular flexibility index (Phi) is 7.52. The second-order valence-corrected chi connectivity index (χ2v) is 11.1. The van der Waals surface area contributed by atoms with Crippen LogP contribution in [0.2, 0.25) is 0 Å². The molecule has 3 aliphatic rings. The van der Waals surface area contributed by atoms with Crippen LogP contribution in [0.1, 0.15) is 71.3 Å². The van der Waals surface area contributed by atoms with Crippen LogP contribution in [0.25, 0.3) is 0 Å². The minimum atomic E-state index is -0.596. The number of hydrogen-bond acceptors (Lipinski definition) is 4. The molecule has 7 heteroatoms. The Morgan fingerprint density at radius 2 is 1.92 bits per heavy atom. The number of benzene rings is 2. The number of piperidine rings is 1. The molecule has 2 aromatic carbocycles. The number of amidine groups is 1. The lowest BCUT2D eigenvalue weighted by molar-refractivity contribution is 0.123. The van der Waals surface area contributed by atoms with E-state index in [9.17, 15) is 9.18 Å². The molecule has 198 valence electrons. The molecule has 1 N–H and O–H groups in total. The number of anilines is 1. The van der Waals surface area contributed by atoms with Gasteiger partial charge < -0.3 is 4.74 Å². The number of nitrogens with one attached hydrogen (secondary N) is 1. The average Bonchev–Trinajstić information content (AvgIpc) is 3.11. The summed E-state index contributed by atoms with van der Waals surface area (Å²) in [6, 6.07) is 14.9. The number of rotatable bonds is 6. The molecule has 2 aliphatic heterocycles. The Bertz CT molecular complexity index is 1150. The SMILES string of the molecule is CC(C)Oc1cccc(CN2CCC3(CC2C)C(=NC2CCCCC2)NC(=O)N3c2cccc(F)c2)c1. The predicted octanol–water partition coefficient (Wildman–Crippen LogP) is 6.30. The topological polar surface area (TPSA) is 57.2 Å². The number of likely N-dealkylation sites (tertiary alicyclic amines) is 1. The predicted molar refractivity (Wildman–Crippen MR) is 146 cm³/mol. The number of nitrogens with zero attached hydrogens (tertiary/aromatic N) is 3. The number of ether oxygens (including phenoxy) is 1. The fourth-order valence-electron chi connectivity index (χ4n) is 6.24. The summed E-state index contributed by atoms with van der Waals surface area (Å²) in [6.45, 7) is 7.91. The Morgan fingerprint density at radius 1 is 1.14 bits per heavy atom. The number of aliphatic imine (C=N–C) groups is 1. The lowest BCUT2D eigenvalue weighted by Crippen LogP contribution is -2.59. The van der Waals surface area contributed by atoms with Gasteiger partial charge in [0, 0.05) is 24.8 Å². The normalized spacial score (nSPS) is 26.3. The highest BCUT2D eigenvalue weighted by atomic mass is 19.1. The number of urea groups is 1. The lowest BCUT2D eigenvalue weighted by atomic mass is 9.81. The quantitative estimate of drug-likeness (QED) is 0.500. The summed E-state index contributed by atoms with van der Waals surface area (Å²) in [5.41, 5.74) is 1.20. The van der Waals surface area contributed by atoms with Gasteiger partial charge in [-0.1, -0.05) is 37.5 Å². The van der Waals surface area contributed by atoms with Crippen LogP contribution in [0.4, 0.5) is 14.9 Å². The maximum atomic E-state index is 14.3. The van der Waals surface area contributed by atoms with E-state index in [-0.39, 0.29) is 30.0 Å². The van der Waals surface area contributed by atoms with Crippen LogP contribution in [0.15, 0.2) is 53.5 Å². The van der Waals surface area contributed by atoms with Crippen molar-refractivity contribution in [2.45, 2.75) is 96.0 Å². The maximum Gasteiger partial charge on any atom is 0.328 e. The fraction of sp³-hybridized carbons (Fsp3) is 0.533. The van der Waals surface area contributed by atoms with Gasteiger partial charge in [0.15, 0.2) is 0 Å². The van der Waals surface area contributed by atoms with Crippen molar-refractivity contribution in [2.75, 3.05) is 11.4 Å². The van der Waals surface area contributed by atoms with Gasteiger partial charge in [0.1, 0.15) is 22.9 Å². The molecule has 5 rings (SSSR count). The van der Waals surface area contributed by atoms with E-state index in [1.54, 1.807) is 11.0 Å². The smallest absolute Gasteiger partial charge is 0.328 e. The van der Waals surface area contributed by atoms with Crippen molar-refractivity contribution in [3.8, 4) is 5.75 Å². The second kappa shape index (κ2) is 10.8. The summed E-state index contributed by atoms with van der Waals surface area (Å²) in [4.78, 5) is 22.8. The van der Waals surface area contributed by atoms with Gasteiger partial charge >= 0.3 is 6.03 Å². The third-order valence-electron chi connectivity index (χ3n) is 7.97. The lowest BCUT2D eigenvalue weighted by Gasteiger charge is -2.47. The molecule has 0 bridgehead atoms. The molecule has 6 nitrogen and oxygen atoms in total. The van der Waals surface area contributed by atoms with Crippen molar-refractivity contribution in [3.05, 3.63) is 59.9 Å². The van der Waals surface area contributed by atoms with Gasteiger partial charge in [-0.2, -0.15) is 0 Å². The minimum Gasteiger partial charge on any atom is -0.491 e. The molecule has 2 amide bonds. The van der Waals surface area contributed by atoms with E-state index in [0.29, 0.717) is 5.69 Å². The first-order valence-electron chi connectivity index (χ1n) is 13.8. The largest absolute Gasteiger partial charge is 0.491 e. The van der Waals surface area contributed by atoms with Crippen LogP contribution in [-0.4, -0.2) is 47.0 Å². The highest BCUT2D eigenvalue weighted by Gasteiger charge is 2.54. The highest BCUT2D eigenvalue weighted by molar-refractivity contribution is 6.19. The second-order valence-electron chi connectivity index (χ2n) is 11.1. The van der Waals surface area contributed by atoms with Crippen molar-refractivity contribution >= 4 is 17.6 Å². The molecule has 0 radical (unpaired) electrons. The average molecular weight is 507 g/mol. The Hall–Kier alpha value is -2.93. The maximum absolute atomic E-state index is 14.3. The van der Waals surface area contributed by atoms with Crippen molar-refractivity contribution in [2.24, 2.45) is 4.99 Å². The van der Waals surface area contributed by atoms with E-state index in [1.165, 1.54) is 37.0 Å². The molecule has 2 saturated heterocycles. The molecular formula is C30H39FN4O2. The van der Waals surface area contributed by atoms with Crippen molar-refractivity contribution < 1.29 is 13.9 Å². The van der Waals surface area contributed by atoms with E-state index in [4.69, 9.17) is 9.73 Å². The van der Waals surface area contributed by atoms with Crippen LogP contribution < -0.4 is 15.0 Å². The van der Waals surface area contributed by atoms with Gasteiger partial charge in [-0.25, -0.2) is 9.18 Å². The van der Waals surface area contributed by atoms with Crippen molar-refractivity contribution in [3.63, 3.8) is 0 Å². The molecule has 37 heavy (non-hydrogen) atoms. The van der Waals surface area contributed by atoms with E-state index in [0.717, 1.165) is 50.4 Å². The zero-order chi connectivity index (χ0) is 26.0. The van der Waals surface area contributed by atoms with Crippen molar-refractivity contribution in [1.29, 1.82) is 0 Å². The summed E-state index contributed by atoms with van der Waals surface area (Å²) in [5, 5.41) is 3.12. The third kappa shape index (κ3) is 5.52. The van der Waals surface area contributed by atoms with E-state index >= 15 is 0 Å². The summed E-state index contributed by atoms with van der Waals surface area (Å²) >= 11 is 0. The first kappa shape index (κ1) is 25.7. The molecular weight excluding hydrogens is 467 g/mol. The Morgan fingerprint density at radius 3 is 2.65 bits per heavy atom. The fourth-order valence-corrected chi connectivity index (χ4v) is 6.24. The summed E-state index contributed by atoms with van der Waals surface area (Å²) < 4.78 is 20.2. The van der Waals surface area contributed by atoms with Crippen LogP contribution in [0.5, 0.6) is 5.75 Å². The van der Waals surface area contributed by atoms with Gasteiger partial charge in [-0.05, 0) is 82.3 Å². The van der Waals surface area contributed by atoms with Gasteiger partial charge in [0.25, 0.3) is 0 Å². The van der Waals surface area contributed by atoms with Gasteiger partial charge in [-0.15, -0.1) is 0 Å². The minimum absolute atomic E-state index is 0.132. The monoisotopic (exact) mass is 506 g/mol. The first-order chi connectivity index (χ1) is 17.8. The molecule has 2 unspecified atom stereocenters. The molecule has 1 aliphatic carbocycles. The first-order valence-corrected chi connectivity index (χ1v) is 13.8. The molecule has 1 spiro atoms. The van der Waals surface area contributed by atoms with Crippen LogP contribution in [-0.2, 0) is 6.54 Å². The zero-order valence-corrected chi connectivity index (χ0v) is 22.3. The number of carbonyl (C=O) groups is 1. The summed E-state index contributed by atoms with van der Waals surface area (Å²) in [5.74, 6) is 1.32. The molecule has 2 aromatic rings. The highest BCUT2D eigenvalue weighted by Crippen LogP contribution is 2.41. The number of carbonyl (C=O) groups excluding carboxylic acids is 1. The van der Waals surface area contributed by atoms with E-state index in [1.807, 2.05) is 32.0 Å². The molecule has 0 aromatic heterocycles. The summed E-state index contributed by atoms with van der Waals surface area (Å²) in [6.07, 6.45) is 7.34. The van der Waals surface area contributed by atoms with E-state index in [2.05, 4.69) is 29.3 Å². The number of halogens is 1. The van der Waals surface area contributed by atoms with Gasteiger partial charge in [-0.3, -0.25) is 20.1 Å². The standard InChI is InChI=1S/C30H39FN4O2/c1-21(2)37-27-14-7-9-23(17-27)20-34-16-15-30(19-22(34)3)28(32-25-11-5-4-6-12-25)33-29(36)35(30)26-13-8-10-24(31)18-26/h7-10,13-14,17-18,21-22,25H,4-6,11-12,15-16,19-20H2,1-3H3,(H,32,33,36). The molecule has 2 atom stereocenters. The van der Waals surface area contributed by atoms with Gasteiger partial charge in [0.05, 0.1) is 12.1 Å². The van der Waals surface area contributed by atoms with Crippen LogP contribution >= 0.6 is 0 Å². The summed E-state index contributed by atoms with van der Waals surface area (Å²) in [7, 11) is 0. The Balaban J connectivity index is 1.42. The molecule has 3 fully saturated rings. The third-order valence-corrected chi connectivity index (χ3v) is 7.97. The van der Waals surface area contributed by atoms with E-state index < -0.39 is 5.54 Å². The molecule has 2 heterocycles. The number of amides is 2. The molecule has 1 saturated carbocycles. The van der Waals surface area contributed by atoms with Crippen molar-refractivity contribution in [1.82, 2.24) is 10.2 Å². The Labute approximate surface area is 219 Å². The van der Waals surface area contributed by atoms with Crippen LogP contribution in [0, 0.1) is 5.82 Å². The number of hydrogen-bond donors (Lipinski definition) is 1. The van der Waals surface area contributed by atoms with Crippen LogP contribution in [0.3, 0.4) is 0 Å². The zero-order valence-electron chi connectivity index (χ0n) is 22.3.